The first-order valence-corrected chi connectivity index (χ1v) is 11.4. The van der Waals surface area contributed by atoms with E-state index in [9.17, 15) is 4.79 Å². The summed E-state index contributed by atoms with van der Waals surface area (Å²) in [6.45, 7) is 1.81. The average Bonchev–Trinajstić information content (AvgIpc) is 3.23. The zero-order valence-corrected chi connectivity index (χ0v) is 18.2. The van der Waals surface area contributed by atoms with Gasteiger partial charge in [0, 0.05) is 15.9 Å². The summed E-state index contributed by atoms with van der Waals surface area (Å²) in [6.07, 6.45) is 1.23. The van der Waals surface area contributed by atoms with Crippen LogP contribution in [-0.2, 0) is 17.6 Å². The summed E-state index contributed by atoms with van der Waals surface area (Å²) < 4.78 is 12.2. The van der Waals surface area contributed by atoms with Crippen molar-refractivity contribution in [2.24, 2.45) is 0 Å². The van der Waals surface area contributed by atoms with Crippen LogP contribution in [0.4, 0.5) is 0 Å². The number of halogens is 1. The maximum atomic E-state index is 13.4. The third kappa shape index (κ3) is 3.55. The molecule has 2 aliphatic heterocycles. The standard InChI is InChI=1S/C23H20BrNO3S/c24-18-14-20-19(27-9-10-28-20)12-16(18)13-22(26)25-8-6-21-17(7-11-29-21)23(25)15-4-2-1-3-5-15/h1-5,7,11-12,14,23H,6,8-10,13H2. The predicted molar refractivity (Wildman–Crippen MR) is 117 cm³/mol. The molecule has 2 aromatic carbocycles. The van der Waals surface area contributed by atoms with Crippen molar-refractivity contribution in [3.63, 3.8) is 0 Å². The van der Waals surface area contributed by atoms with E-state index in [1.165, 1.54) is 10.4 Å². The van der Waals surface area contributed by atoms with E-state index in [0.717, 1.165) is 34.3 Å². The number of hydrogen-bond acceptors (Lipinski definition) is 4. The Balaban J connectivity index is 1.46. The van der Waals surface area contributed by atoms with Crippen LogP contribution in [0.25, 0.3) is 0 Å². The molecule has 2 aliphatic rings. The molecule has 0 N–H and O–H groups in total. The van der Waals surface area contributed by atoms with Crippen LogP contribution in [0.15, 0.2) is 58.4 Å². The number of carbonyl (C=O) groups is 1. The fraction of sp³-hybridized carbons (Fsp3) is 0.261. The molecule has 0 radical (unpaired) electrons. The zero-order valence-electron chi connectivity index (χ0n) is 15.8. The van der Waals surface area contributed by atoms with Crippen molar-refractivity contribution in [3.8, 4) is 11.5 Å². The number of hydrogen-bond donors (Lipinski definition) is 0. The van der Waals surface area contributed by atoms with Gasteiger partial charge in [0.2, 0.25) is 5.91 Å². The number of benzene rings is 2. The molecular weight excluding hydrogens is 450 g/mol. The van der Waals surface area contributed by atoms with Crippen molar-refractivity contribution in [2.45, 2.75) is 18.9 Å². The zero-order chi connectivity index (χ0) is 19.8. The number of fused-ring (bicyclic) bond motifs is 2. The molecular formula is C23H20BrNO3S. The Hall–Kier alpha value is -2.31. The van der Waals surface area contributed by atoms with Gasteiger partial charge >= 0.3 is 0 Å². The van der Waals surface area contributed by atoms with E-state index in [2.05, 4.69) is 39.5 Å². The van der Waals surface area contributed by atoms with Crippen molar-refractivity contribution in [2.75, 3.05) is 19.8 Å². The minimum atomic E-state index is -0.0327. The van der Waals surface area contributed by atoms with Gasteiger partial charge < -0.3 is 14.4 Å². The van der Waals surface area contributed by atoms with E-state index in [0.29, 0.717) is 25.4 Å². The molecule has 3 aromatic rings. The summed E-state index contributed by atoms with van der Waals surface area (Å²) in [4.78, 5) is 16.8. The van der Waals surface area contributed by atoms with Crippen molar-refractivity contribution >= 4 is 33.2 Å². The van der Waals surface area contributed by atoms with Gasteiger partial charge in [-0.05, 0) is 46.7 Å². The second kappa shape index (κ2) is 7.84. The molecule has 5 rings (SSSR count). The second-order valence-electron chi connectivity index (χ2n) is 7.21. The minimum absolute atomic E-state index is 0.0327. The van der Waals surface area contributed by atoms with Gasteiger partial charge in [0.1, 0.15) is 13.2 Å². The summed E-state index contributed by atoms with van der Waals surface area (Å²) in [5, 5.41) is 2.13. The van der Waals surface area contributed by atoms with Crippen LogP contribution in [0.1, 0.15) is 27.6 Å². The third-order valence-corrected chi connectivity index (χ3v) is 7.19. The fourth-order valence-electron chi connectivity index (χ4n) is 4.09. The van der Waals surface area contributed by atoms with E-state index in [-0.39, 0.29) is 11.9 Å². The lowest BCUT2D eigenvalue weighted by molar-refractivity contribution is -0.132. The van der Waals surface area contributed by atoms with Gasteiger partial charge in [-0.3, -0.25) is 4.79 Å². The molecule has 4 nitrogen and oxygen atoms in total. The Kier molecular flexibility index (Phi) is 5.06. The maximum Gasteiger partial charge on any atom is 0.227 e. The summed E-state index contributed by atoms with van der Waals surface area (Å²) >= 11 is 5.39. The predicted octanol–water partition coefficient (Wildman–Crippen LogP) is 5.00. The smallest absolute Gasteiger partial charge is 0.227 e. The minimum Gasteiger partial charge on any atom is -0.486 e. The van der Waals surface area contributed by atoms with E-state index >= 15 is 0 Å². The largest absolute Gasteiger partial charge is 0.486 e. The molecule has 0 bridgehead atoms. The molecule has 1 atom stereocenters. The van der Waals surface area contributed by atoms with Crippen molar-refractivity contribution in [3.05, 3.63) is 80.0 Å². The molecule has 0 fully saturated rings. The Morgan fingerprint density at radius 2 is 1.86 bits per heavy atom. The SMILES string of the molecule is O=C(Cc1cc2c(cc1Br)OCCO2)N1CCc2sccc2C1c1ccccc1. The second-order valence-corrected chi connectivity index (χ2v) is 9.07. The van der Waals surface area contributed by atoms with Crippen LogP contribution < -0.4 is 9.47 Å². The van der Waals surface area contributed by atoms with Crippen LogP contribution in [0.5, 0.6) is 11.5 Å². The maximum absolute atomic E-state index is 13.4. The van der Waals surface area contributed by atoms with Gasteiger partial charge in [0.05, 0.1) is 12.5 Å². The first-order chi connectivity index (χ1) is 14.2. The highest BCUT2D eigenvalue weighted by molar-refractivity contribution is 9.10. The lowest BCUT2D eigenvalue weighted by Gasteiger charge is -2.36. The molecule has 1 unspecified atom stereocenters. The van der Waals surface area contributed by atoms with Gasteiger partial charge in [0.15, 0.2) is 11.5 Å². The first-order valence-electron chi connectivity index (χ1n) is 9.69. The highest BCUT2D eigenvalue weighted by Gasteiger charge is 2.33. The molecule has 0 saturated carbocycles. The lowest BCUT2D eigenvalue weighted by atomic mass is 9.92. The number of thiophene rings is 1. The van der Waals surface area contributed by atoms with Crippen LogP contribution in [0.3, 0.4) is 0 Å². The van der Waals surface area contributed by atoms with Gasteiger partial charge in [-0.15, -0.1) is 11.3 Å². The van der Waals surface area contributed by atoms with E-state index in [1.54, 1.807) is 11.3 Å². The van der Waals surface area contributed by atoms with Crippen LogP contribution in [-0.4, -0.2) is 30.6 Å². The first kappa shape index (κ1) is 18.7. The Labute approximate surface area is 182 Å². The molecule has 1 aromatic heterocycles. The van der Waals surface area contributed by atoms with Crippen LogP contribution in [0.2, 0.25) is 0 Å². The topological polar surface area (TPSA) is 38.8 Å². The van der Waals surface area contributed by atoms with Gasteiger partial charge in [0.25, 0.3) is 0 Å². The molecule has 29 heavy (non-hydrogen) atoms. The van der Waals surface area contributed by atoms with E-state index in [1.807, 2.05) is 35.2 Å². The molecule has 6 heteroatoms. The molecule has 1 amide bonds. The normalized spacial score (nSPS) is 17.7. The number of ether oxygens (including phenoxy) is 2. The van der Waals surface area contributed by atoms with Crippen molar-refractivity contribution in [1.29, 1.82) is 0 Å². The molecule has 0 spiro atoms. The van der Waals surface area contributed by atoms with Crippen molar-refractivity contribution < 1.29 is 14.3 Å². The summed E-state index contributed by atoms with van der Waals surface area (Å²) in [5.74, 6) is 1.55. The molecule has 0 saturated heterocycles. The quantitative estimate of drug-likeness (QED) is 0.541. The third-order valence-electron chi connectivity index (χ3n) is 5.45. The van der Waals surface area contributed by atoms with Crippen LogP contribution in [0, 0.1) is 0 Å². The number of carbonyl (C=O) groups excluding carboxylic acids is 1. The summed E-state index contributed by atoms with van der Waals surface area (Å²) in [5.41, 5.74) is 3.32. The molecule has 0 aliphatic carbocycles. The monoisotopic (exact) mass is 469 g/mol. The number of rotatable bonds is 3. The van der Waals surface area contributed by atoms with E-state index in [4.69, 9.17) is 9.47 Å². The molecule has 3 heterocycles. The highest BCUT2D eigenvalue weighted by Crippen LogP contribution is 2.39. The van der Waals surface area contributed by atoms with Gasteiger partial charge in [-0.1, -0.05) is 46.3 Å². The fourth-order valence-corrected chi connectivity index (χ4v) is 5.45. The molecule has 148 valence electrons. The number of amides is 1. The summed E-state index contributed by atoms with van der Waals surface area (Å²) in [7, 11) is 0. The van der Waals surface area contributed by atoms with E-state index < -0.39 is 0 Å². The van der Waals surface area contributed by atoms with Crippen molar-refractivity contribution in [1.82, 2.24) is 4.90 Å². The van der Waals surface area contributed by atoms with Crippen LogP contribution >= 0.6 is 27.3 Å². The number of nitrogens with zero attached hydrogens (tertiary/aromatic N) is 1. The van der Waals surface area contributed by atoms with Gasteiger partial charge in [-0.25, -0.2) is 0 Å². The highest BCUT2D eigenvalue weighted by atomic mass is 79.9. The average molecular weight is 470 g/mol. The van der Waals surface area contributed by atoms with Gasteiger partial charge in [-0.2, -0.15) is 0 Å². The Morgan fingerprint density at radius 1 is 1.10 bits per heavy atom. The Morgan fingerprint density at radius 3 is 2.66 bits per heavy atom. The summed E-state index contributed by atoms with van der Waals surface area (Å²) in [6, 6.07) is 16.3. The Bertz CT molecular complexity index is 1050. The lowest BCUT2D eigenvalue weighted by Crippen LogP contribution is -2.40.